The Hall–Kier alpha value is -1.88. The summed E-state index contributed by atoms with van der Waals surface area (Å²) in [4.78, 5) is 16.5. The smallest absolute Gasteiger partial charge is 0.200 e. The number of hydrogen-bond acceptors (Lipinski definition) is 4. The van der Waals surface area contributed by atoms with E-state index in [1.54, 1.807) is 4.40 Å². The van der Waals surface area contributed by atoms with Crippen molar-refractivity contribution in [3.05, 3.63) is 30.1 Å². The van der Waals surface area contributed by atoms with Crippen molar-refractivity contribution in [3.8, 4) is 0 Å². The number of carbonyl (C=O) groups excluding carboxylic acids is 1. The summed E-state index contributed by atoms with van der Waals surface area (Å²) >= 11 is 0. The summed E-state index contributed by atoms with van der Waals surface area (Å²) in [7, 11) is 0. The lowest BCUT2D eigenvalue weighted by Crippen LogP contribution is -2.32. The number of ketones is 1. The van der Waals surface area contributed by atoms with Gasteiger partial charge in [0.05, 0.1) is 6.04 Å². The zero-order valence-corrected chi connectivity index (χ0v) is 9.39. The molecule has 2 aromatic rings. The van der Waals surface area contributed by atoms with E-state index in [0.29, 0.717) is 17.2 Å². The first-order valence-electron chi connectivity index (χ1n) is 5.77. The van der Waals surface area contributed by atoms with Crippen molar-refractivity contribution in [2.24, 2.45) is 0 Å². The summed E-state index contributed by atoms with van der Waals surface area (Å²) in [6.07, 6.45) is 3.73. The SMILES string of the molecule is Nc1nc2ccccn2c1C(=O)[C@@H]1CCCN1. The molecule has 0 unspecified atom stereocenters. The molecule has 0 radical (unpaired) electrons. The summed E-state index contributed by atoms with van der Waals surface area (Å²) in [5.74, 6) is 0.355. The molecule has 5 heteroatoms. The highest BCUT2D eigenvalue weighted by atomic mass is 16.1. The monoisotopic (exact) mass is 230 g/mol. The van der Waals surface area contributed by atoms with E-state index >= 15 is 0 Å². The van der Waals surface area contributed by atoms with Gasteiger partial charge in [-0.3, -0.25) is 9.20 Å². The van der Waals surface area contributed by atoms with Gasteiger partial charge in [-0.1, -0.05) is 6.07 Å². The predicted octanol–water partition coefficient (Wildman–Crippen LogP) is 0.851. The van der Waals surface area contributed by atoms with E-state index in [-0.39, 0.29) is 11.8 Å². The minimum Gasteiger partial charge on any atom is -0.382 e. The van der Waals surface area contributed by atoms with E-state index in [2.05, 4.69) is 10.3 Å². The van der Waals surface area contributed by atoms with Gasteiger partial charge in [0.15, 0.2) is 11.6 Å². The van der Waals surface area contributed by atoms with Crippen molar-refractivity contribution >= 4 is 17.2 Å². The third-order valence-corrected chi connectivity index (χ3v) is 3.17. The van der Waals surface area contributed by atoms with Crippen molar-refractivity contribution in [2.75, 3.05) is 12.3 Å². The number of anilines is 1. The topological polar surface area (TPSA) is 72.4 Å². The van der Waals surface area contributed by atoms with Crippen LogP contribution in [0.25, 0.3) is 5.65 Å². The van der Waals surface area contributed by atoms with E-state index in [9.17, 15) is 4.79 Å². The third-order valence-electron chi connectivity index (χ3n) is 3.17. The Morgan fingerprint density at radius 2 is 2.41 bits per heavy atom. The molecule has 3 N–H and O–H groups in total. The third kappa shape index (κ3) is 1.59. The average molecular weight is 230 g/mol. The fourth-order valence-electron chi connectivity index (χ4n) is 2.33. The molecule has 0 aromatic carbocycles. The van der Waals surface area contributed by atoms with E-state index in [1.807, 2.05) is 24.4 Å². The van der Waals surface area contributed by atoms with Gasteiger partial charge >= 0.3 is 0 Å². The molecule has 1 aliphatic heterocycles. The van der Waals surface area contributed by atoms with Crippen LogP contribution in [0.2, 0.25) is 0 Å². The van der Waals surface area contributed by atoms with Gasteiger partial charge in [-0.05, 0) is 31.5 Å². The Morgan fingerprint density at radius 3 is 3.18 bits per heavy atom. The maximum Gasteiger partial charge on any atom is 0.200 e. The zero-order valence-electron chi connectivity index (χ0n) is 9.39. The molecule has 88 valence electrons. The summed E-state index contributed by atoms with van der Waals surface area (Å²) < 4.78 is 1.76. The largest absolute Gasteiger partial charge is 0.382 e. The summed E-state index contributed by atoms with van der Waals surface area (Å²) in [6.45, 7) is 0.896. The first kappa shape index (κ1) is 10.3. The molecule has 1 atom stereocenters. The molecule has 0 aliphatic carbocycles. The van der Waals surface area contributed by atoms with Gasteiger partial charge in [0, 0.05) is 6.20 Å². The second-order valence-electron chi connectivity index (χ2n) is 4.29. The van der Waals surface area contributed by atoms with Crippen molar-refractivity contribution in [1.82, 2.24) is 14.7 Å². The zero-order chi connectivity index (χ0) is 11.8. The van der Waals surface area contributed by atoms with E-state index in [4.69, 9.17) is 5.73 Å². The molecular formula is C12H14N4O. The highest BCUT2D eigenvalue weighted by molar-refractivity contribution is 6.03. The van der Waals surface area contributed by atoms with Crippen LogP contribution < -0.4 is 11.1 Å². The molecule has 0 amide bonds. The van der Waals surface area contributed by atoms with Crippen molar-refractivity contribution < 1.29 is 4.79 Å². The summed E-state index contributed by atoms with van der Waals surface area (Å²) in [5, 5.41) is 3.19. The van der Waals surface area contributed by atoms with Gasteiger partial charge in [-0.2, -0.15) is 0 Å². The minimum absolute atomic E-state index is 0.0405. The molecule has 17 heavy (non-hydrogen) atoms. The fraction of sp³-hybridized carbons (Fsp3) is 0.333. The second kappa shape index (κ2) is 3.85. The van der Waals surface area contributed by atoms with Crippen molar-refractivity contribution in [2.45, 2.75) is 18.9 Å². The molecule has 0 bridgehead atoms. The van der Waals surface area contributed by atoms with Crippen LogP contribution in [0.1, 0.15) is 23.3 Å². The Balaban J connectivity index is 2.09. The van der Waals surface area contributed by atoms with Gasteiger partial charge in [-0.15, -0.1) is 0 Å². The van der Waals surface area contributed by atoms with E-state index < -0.39 is 0 Å². The number of Topliss-reactive ketones (excluding diaryl/α,β-unsaturated/α-hetero) is 1. The number of nitrogens with one attached hydrogen (secondary N) is 1. The van der Waals surface area contributed by atoms with Gasteiger partial charge in [0.2, 0.25) is 0 Å². The van der Waals surface area contributed by atoms with E-state index in [1.165, 1.54) is 0 Å². The molecule has 0 saturated carbocycles. The number of nitrogens with two attached hydrogens (primary N) is 1. The van der Waals surface area contributed by atoms with Crippen LogP contribution in [-0.4, -0.2) is 27.8 Å². The highest BCUT2D eigenvalue weighted by Gasteiger charge is 2.27. The molecule has 3 heterocycles. The normalized spacial score (nSPS) is 19.9. The maximum atomic E-state index is 12.3. The highest BCUT2D eigenvalue weighted by Crippen LogP contribution is 2.19. The number of carbonyl (C=O) groups is 1. The molecule has 0 spiro atoms. The number of fused-ring (bicyclic) bond motifs is 1. The molecule has 5 nitrogen and oxygen atoms in total. The lowest BCUT2D eigenvalue weighted by atomic mass is 10.1. The molecule has 1 fully saturated rings. The van der Waals surface area contributed by atoms with Crippen LogP contribution in [0.3, 0.4) is 0 Å². The number of aromatic nitrogens is 2. The first-order valence-corrected chi connectivity index (χ1v) is 5.77. The number of nitrogens with zero attached hydrogens (tertiary/aromatic N) is 2. The van der Waals surface area contributed by atoms with Gasteiger partial charge in [0.25, 0.3) is 0 Å². The molecule has 1 saturated heterocycles. The second-order valence-corrected chi connectivity index (χ2v) is 4.29. The standard InChI is InChI=1S/C12H14N4O/c13-12-10(11(17)8-4-3-6-14-8)16-7-2-1-5-9(16)15-12/h1-2,5,7-8,14H,3-4,6,13H2/t8-/m0/s1. The number of hydrogen-bond donors (Lipinski definition) is 2. The van der Waals surface area contributed by atoms with Crippen LogP contribution in [0.4, 0.5) is 5.82 Å². The number of pyridine rings is 1. The maximum absolute atomic E-state index is 12.3. The van der Waals surface area contributed by atoms with Gasteiger partial charge in [-0.25, -0.2) is 4.98 Å². The molecule has 2 aromatic heterocycles. The molecular weight excluding hydrogens is 216 g/mol. The van der Waals surface area contributed by atoms with Crippen molar-refractivity contribution in [3.63, 3.8) is 0 Å². The van der Waals surface area contributed by atoms with Crippen LogP contribution in [0.15, 0.2) is 24.4 Å². The Bertz CT molecular complexity index is 569. The first-order chi connectivity index (χ1) is 8.27. The Labute approximate surface area is 98.6 Å². The van der Waals surface area contributed by atoms with Crippen molar-refractivity contribution in [1.29, 1.82) is 0 Å². The summed E-state index contributed by atoms with van der Waals surface area (Å²) in [5.41, 5.74) is 7.06. The number of rotatable bonds is 2. The number of imidazole rings is 1. The van der Waals surface area contributed by atoms with Crippen LogP contribution in [0.5, 0.6) is 0 Å². The summed E-state index contributed by atoms with van der Waals surface area (Å²) in [6, 6.07) is 5.48. The average Bonchev–Trinajstić information content (AvgIpc) is 2.94. The fourth-order valence-corrected chi connectivity index (χ4v) is 2.33. The lowest BCUT2D eigenvalue weighted by Gasteiger charge is -2.08. The Morgan fingerprint density at radius 1 is 1.53 bits per heavy atom. The van der Waals surface area contributed by atoms with Gasteiger partial charge < -0.3 is 11.1 Å². The molecule has 1 aliphatic rings. The quantitative estimate of drug-likeness (QED) is 0.750. The predicted molar refractivity (Wildman–Crippen MR) is 65.0 cm³/mol. The van der Waals surface area contributed by atoms with Crippen LogP contribution in [0, 0.1) is 0 Å². The van der Waals surface area contributed by atoms with E-state index in [0.717, 1.165) is 19.4 Å². The number of nitrogen functional groups attached to an aromatic ring is 1. The van der Waals surface area contributed by atoms with Crippen LogP contribution >= 0.6 is 0 Å². The Kier molecular flexibility index (Phi) is 2.33. The molecule has 3 rings (SSSR count). The lowest BCUT2D eigenvalue weighted by molar-refractivity contribution is 0.0947. The van der Waals surface area contributed by atoms with Gasteiger partial charge in [0.1, 0.15) is 11.3 Å². The minimum atomic E-state index is -0.114. The van der Waals surface area contributed by atoms with Crippen LogP contribution in [-0.2, 0) is 0 Å².